The van der Waals surface area contributed by atoms with Crippen LogP contribution in [0.3, 0.4) is 0 Å². The maximum atomic E-state index is 13.7. The summed E-state index contributed by atoms with van der Waals surface area (Å²) in [5.41, 5.74) is 1.80. The van der Waals surface area contributed by atoms with Crippen molar-refractivity contribution in [3.8, 4) is 10.4 Å². The fraction of sp³-hybridized carbons (Fsp3) is 0.107. The van der Waals surface area contributed by atoms with Gasteiger partial charge in [-0.2, -0.15) is 0 Å². The molecule has 0 radical (unpaired) electrons. The van der Waals surface area contributed by atoms with E-state index in [0.29, 0.717) is 10.6 Å². The van der Waals surface area contributed by atoms with Gasteiger partial charge < -0.3 is 15.1 Å². The van der Waals surface area contributed by atoms with Crippen molar-refractivity contribution in [2.24, 2.45) is 0 Å². The molecule has 0 aliphatic carbocycles. The van der Waals surface area contributed by atoms with Crippen molar-refractivity contribution in [2.75, 3.05) is 0 Å². The minimum Gasteiger partial charge on any atom is -0.480 e. The first-order valence-corrected chi connectivity index (χ1v) is 12.8. The molecule has 4 rings (SSSR count). The molecule has 2 N–H and O–H groups in total. The van der Waals surface area contributed by atoms with Crippen LogP contribution in [-0.2, 0) is 17.8 Å². The van der Waals surface area contributed by atoms with E-state index in [9.17, 15) is 24.6 Å². The Morgan fingerprint density at radius 3 is 2.30 bits per heavy atom. The smallest absolute Gasteiger partial charge is 0.335 e. The predicted octanol–water partition coefficient (Wildman–Crippen LogP) is 6.76. The molecule has 188 valence electrons. The molecule has 3 aromatic carbocycles. The fourth-order valence-electron chi connectivity index (χ4n) is 3.90. The van der Waals surface area contributed by atoms with E-state index in [2.05, 4.69) is 0 Å². The number of carbonyl (C=O) groups excluding carboxylic acids is 1. The van der Waals surface area contributed by atoms with Crippen LogP contribution in [0, 0.1) is 0 Å². The Balaban J connectivity index is 1.70. The minimum absolute atomic E-state index is 0.0187. The Hall–Kier alpha value is -3.65. The number of aromatic carboxylic acids is 1. The molecule has 0 saturated carbocycles. The van der Waals surface area contributed by atoms with E-state index in [-0.39, 0.29) is 29.1 Å². The number of carbonyl (C=O) groups is 3. The average Bonchev–Trinajstić information content (AvgIpc) is 3.35. The summed E-state index contributed by atoms with van der Waals surface area (Å²) in [5.74, 6) is -2.71. The molecule has 0 bridgehead atoms. The van der Waals surface area contributed by atoms with Gasteiger partial charge in [-0.25, -0.2) is 9.59 Å². The lowest BCUT2D eigenvalue weighted by Gasteiger charge is -2.29. The third-order valence-electron chi connectivity index (χ3n) is 5.74. The highest BCUT2D eigenvalue weighted by Gasteiger charge is 2.32. The lowest BCUT2D eigenvalue weighted by molar-refractivity contribution is -0.142. The number of hydrogen-bond donors (Lipinski definition) is 2. The zero-order valence-electron chi connectivity index (χ0n) is 19.3. The van der Waals surface area contributed by atoms with Gasteiger partial charge in [0.25, 0.3) is 5.91 Å². The molecule has 1 aromatic heterocycles. The van der Waals surface area contributed by atoms with E-state index in [1.807, 2.05) is 36.4 Å². The van der Waals surface area contributed by atoms with Crippen molar-refractivity contribution < 1.29 is 24.6 Å². The zero-order chi connectivity index (χ0) is 26.5. The van der Waals surface area contributed by atoms with Crippen LogP contribution in [0.15, 0.2) is 84.9 Å². The Labute approximate surface area is 227 Å². The average molecular weight is 554 g/mol. The summed E-state index contributed by atoms with van der Waals surface area (Å²) >= 11 is 13.7. The Morgan fingerprint density at radius 2 is 1.62 bits per heavy atom. The van der Waals surface area contributed by atoms with Gasteiger partial charge in [-0.1, -0.05) is 65.7 Å². The maximum Gasteiger partial charge on any atom is 0.335 e. The number of carboxylic acids is 2. The summed E-state index contributed by atoms with van der Waals surface area (Å²) < 4.78 is 0. The Kier molecular flexibility index (Phi) is 8.28. The van der Waals surface area contributed by atoms with E-state index in [1.165, 1.54) is 40.5 Å². The Morgan fingerprint density at radius 1 is 0.865 bits per heavy atom. The summed E-state index contributed by atoms with van der Waals surface area (Å²) in [4.78, 5) is 40.3. The van der Waals surface area contributed by atoms with Gasteiger partial charge in [-0.15, -0.1) is 11.3 Å². The topological polar surface area (TPSA) is 94.9 Å². The molecular weight excluding hydrogens is 533 g/mol. The van der Waals surface area contributed by atoms with Gasteiger partial charge in [-0.3, -0.25) is 4.79 Å². The van der Waals surface area contributed by atoms with E-state index in [0.717, 1.165) is 15.3 Å². The van der Waals surface area contributed by atoms with E-state index < -0.39 is 23.9 Å². The third kappa shape index (κ3) is 6.38. The molecule has 9 heteroatoms. The second-order valence-electron chi connectivity index (χ2n) is 8.25. The van der Waals surface area contributed by atoms with E-state index >= 15 is 0 Å². The van der Waals surface area contributed by atoms with Gasteiger partial charge in [0.05, 0.1) is 22.7 Å². The Bertz CT molecular complexity index is 1450. The van der Waals surface area contributed by atoms with Crippen molar-refractivity contribution in [2.45, 2.75) is 19.0 Å². The number of aliphatic carboxylic acids is 1. The number of thiophene rings is 1. The third-order valence-corrected chi connectivity index (χ3v) is 7.40. The molecule has 6 nitrogen and oxygen atoms in total. The van der Waals surface area contributed by atoms with Gasteiger partial charge in [0.15, 0.2) is 0 Å². The number of rotatable bonds is 9. The first kappa shape index (κ1) is 26.4. The second kappa shape index (κ2) is 11.6. The van der Waals surface area contributed by atoms with Crippen molar-refractivity contribution in [3.05, 3.63) is 117 Å². The number of amides is 1. The summed E-state index contributed by atoms with van der Waals surface area (Å²) in [6.45, 7) is 0.0187. The summed E-state index contributed by atoms with van der Waals surface area (Å²) in [6, 6.07) is 22.6. The fourth-order valence-corrected chi connectivity index (χ4v) is 5.39. The molecule has 0 spiro atoms. The first-order chi connectivity index (χ1) is 17.7. The van der Waals surface area contributed by atoms with Crippen LogP contribution >= 0.6 is 34.5 Å². The van der Waals surface area contributed by atoms with E-state index in [4.69, 9.17) is 23.2 Å². The summed E-state index contributed by atoms with van der Waals surface area (Å²) in [6.07, 6.45) is 0.103. The van der Waals surface area contributed by atoms with Crippen LogP contribution in [0.4, 0.5) is 0 Å². The van der Waals surface area contributed by atoms with Crippen LogP contribution in [0.2, 0.25) is 10.0 Å². The molecule has 37 heavy (non-hydrogen) atoms. The number of hydrogen-bond acceptors (Lipinski definition) is 4. The molecule has 0 aliphatic heterocycles. The number of benzene rings is 3. The van der Waals surface area contributed by atoms with Gasteiger partial charge in [0.1, 0.15) is 6.04 Å². The lowest BCUT2D eigenvalue weighted by atomic mass is 10.0. The first-order valence-electron chi connectivity index (χ1n) is 11.2. The molecule has 1 atom stereocenters. The van der Waals surface area contributed by atoms with Crippen LogP contribution < -0.4 is 0 Å². The molecule has 0 unspecified atom stereocenters. The maximum absolute atomic E-state index is 13.7. The second-order valence-corrected chi connectivity index (χ2v) is 10.3. The van der Waals surface area contributed by atoms with Crippen LogP contribution in [0.25, 0.3) is 10.4 Å². The van der Waals surface area contributed by atoms with Gasteiger partial charge >= 0.3 is 11.9 Å². The minimum atomic E-state index is -1.16. The lowest BCUT2D eigenvalue weighted by Crippen LogP contribution is -2.46. The summed E-state index contributed by atoms with van der Waals surface area (Å²) in [7, 11) is 0. The molecule has 0 saturated heterocycles. The molecule has 4 aromatic rings. The molecule has 1 heterocycles. The van der Waals surface area contributed by atoms with Crippen molar-refractivity contribution in [1.29, 1.82) is 0 Å². The zero-order valence-corrected chi connectivity index (χ0v) is 21.6. The predicted molar refractivity (Wildman–Crippen MR) is 145 cm³/mol. The molecular formula is C28H21Cl2NO5S. The highest BCUT2D eigenvalue weighted by molar-refractivity contribution is 7.15. The normalized spacial score (nSPS) is 11.6. The van der Waals surface area contributed by atoms with Crippen molar-refractivity contribution >= 4 is 52.4 Å². The van der Waals surface area contributed by atoms with Crippen LogP contribution in [-0.4, -0.2) is 39.0 Å². The van der Waals surface area contributed by atoms with Crippen LogP contribution in [0.1, 0.15) is 31.2 Å². The van der Waals surface area contributed by atoms with Gasteiger partial charge in [0.2, 0.25) is 0 Å². The standard InChI is InChI=1S/C28H21Cl2NO5S/c29-20-9-11-22(23(30)15-20)26(32)31(24(28(35)36)13-17-5-2-1-3-6-17)16-21-10-12-25(37-21)18-7-4-8-19(14-18)27(33)34/h1-12,14-15,24H,13,16H2,(H,33,34)(H,35,36)/t24-/m0/s1. The number of nitrogens with zero attached hydrogens (tertiary/aromatic N) is 1. The molecule has 1 amide bonds. The molecule has 0 fully saturated rings. The molecule has 0 aliphatic rings. The SMILES string of the molecule is O=C(O)c1cccc(-c2ccc(CN(C(=O)c3ccc(Cl)cc3Cl)[C@@H](Cc3ccccc3)C(=O)O)s2)c1. The van der Waals surface area contributed by atoms with Crippen molar-refractivity contribution in [3.63, 3.8) is 0 Å². The van der Waals surface area contributed by atoms with Gasteiger partial charge in [-0.05, 0) is 53.6 Å². The van der Waals surface area contributed by atoms with Crippen LogP contribution in [0.5, 0.6) is 0 Å². The van der Waals surface area contributed by atoms with Crippen molar-refractivity contribution in [1.82, 2.24) is 4.90 Å². The van der Waals surface area contributed by atoms with E-state index in [1.54, 1.807) is 24.3 Å². The summed E-state index contributed by atoms with van der Waals surface area (Å²) in [5, 5.41) is 20.0. The quantitative estimate of drug-likeness (QED) is 0.239. The highest BCUT2D eigenvalue weighted by atomic mass is 35.5. The highest BCUT2D eigenvalue weighted by Crippen LogP contribution is 2.31. The largest absolute Gasteiger partial charge is 0.480 e. The number of halogens is 2. The monoisotopic (exact) mass is 553 g/mol. The number of carboxylic acid groups (broad SMARTS) is 2. The van der Waals surface area contributed by atoms with Gasteiger partial charge in [0, 0.05) is 21.2 Å².